The lowest BCUT2D eigenvalue weighted by Crippen LogP contribution is -2.45. The van der Waals surface area contributed by atoms with E-state index in [4.69, 9.17) is 9.73 Å². The van der Waals surface area contributed by atoms with E-state index in [0.29, 0.717) is 6.04 Å². The van der Waals surface area contributed by atoms with Gasteiger partial charge in [-0.2, -0.15) is 0 Å². The van der Waals surface area contributed by atoms with Gasteiger partial charge in [0.25, 0.3) is 0 Å². The van der Waals surface area contributed by atoms with Gasteiger partial charge in [0.2, 0.25) is 0 Å². The van der Waals surface area contributed by atoms with E-state index in [-0.39, 0.29) is 24.0 Å². The van der Waals surface area contributed by atoms with Gasteiger partial charge in [0, 0.05) is 32.2 Å². The molecule has 1 heterocycles. The predicted octanol–water partition coefficient (Wildman–Crippen LogP) is 2.71. The third-order valence-electron chi connectivity index (χ3n) is 5.35. The first-order valence-electron chi connectivity index (χ1n) is 9.54. The van der Waals surface area contributed by atoms with Crippen molar-refractivity contribution in [2.45, 2.75) is 52.5 Å². The van der Waals surface area contributed by atoms with Crippen molar-refractivity contribution >= 4 is 29.9 Å². The van der Waals surface area contributed by atoms with Crippen LogP contribution in [-0.4, -0.2) is 62.8 Å². The molecule has 3 unspecified atom stereocenters. The van der Waals surface area contributed by atoms with Gasteiger partial charge in [-0.3, -0.25) is 9.89 Å². The minimum absolute atomic E-state index is 0. The molecule has 1 saturated heterocycles. The molecule has 0 amide bonds. The van der Waals surface area contributed by atoms with E-state index in [1.807, 2.05) is 0 Å². The Bertz CT molecular complexity index is 361. The highest BCUT2D eigenvalue weighted by Crippen LogP contribution is 2.28. The molecule has 5 nitrogen and oxygen atoms in total. The summed E-state index contributed by atoms with van der Waals surface area (Å²) in [5.74, 6) is 2.61. The van der Waals surface area contributed by atoms with Crippen LogP contribution in [0.5, 0.6) is 0 Å². The molecule has 2 rings (SSSR count). The average Bonchev–Trinajstić information content (AvgIpc) is 2.59. The molecule has 6 heteroatoms. The Morgan fingerprint density at radius 2 is 1.92 bits per heavy atom. The monoisotopic (exact) mass is 452 g/mol. The van der Waals surface area contributed by atoms with E-state index in [9.17, 15) is 0 Å². The number of nitrogens with zero attached hydrogens (tertiary/aromatic N) is 2. The Balaban J connectivity index is 0.00000288. The van der Waals surface area contributed by atoms with Crippen molar-refractivity contribution < 1.29 is 4.74 Å². The fourth-order valence-electron chi connectivity index (χ4n) is 3.62. The van der Waals surface area contributed by atoms with E-state index in [2.05, 4.69) is 36.3 Å². The van der Waals surface area contributed by atoms with E-state index in [1.54, 1.807) is 0 Å². The summed E-state index contributed by atoms with van der Waals surface area (Å²) >= 11 is 0. The number of hydrogen-bond acceptors (Lipinski definition) is 3. The molecule has 3 atom stereocenters. The number of halogens is 1. The maximum absolute atomic E-state index is 5.43. The van der Waals surface area contributed by atoms with Crippen molar-refractivity contribution in [1.29, 1.82) is 0 Å². The van der Waals surface area contributed by atoms with Gasteiger partial charge in [-0.25, -0.2) is 0 Å². The van der Waals surface area contributed by atoms with Crippen LogP contribution >= 0.6 is 24.0 Å². The second-order valence-corrected chi connectivity index (χ2v) is 7.12. The second-order valence-electron chi connectivity index (χ2n) is 7.12. The molecule has 0 aromatic heterocycles. The van der Waals surface area contributed by atoms with E-state index in [0.717, 1.165) is 63.7 Å². The van der Waals surface area contributed by atoms with Crippen molar-refractivity contribution in [2.75, 3.05) is 45.9 Å². The van der Waals surface area contributed by atoms with Crippen molar-refractivity contribution in [1.82, 2.24) is 15.5 Å². The van der Waals surface area contributed by atoms with E-state index >= 15 is 0 Å². The molecule has 0 bridgehead atoms. The normalized spacial score (nSPS) is 27.2. The number of hydrogen-bond donors (Lipinski definition) is 2. The second kappa shape index (κ2) is 12.3. The van der Waals surface area contributed by atoms with Gasteiger partial charge >= 0.3 is 0 Å². The van der Waals surface area contributed by atoms with Crippen LogP contribution in [0.15, 0.2) is 4.99 Å². The van der Waals surface area contributed by atoms with Crippen LogP contribution < -0.4 is 10.6 Å². The molecule has 2 fully saturated rings. The van der Waals surface area contributed by atoms with Crippen molar-refractivity contribution in [2.24, 2.45) is 16.8 Å². The number of guanidine groups is 1. The first-order valence-corrected chi connectivity index (χ1v) is 9.54. The van der Waals surface area contributed by atoms with Crippen LogP contribution in [0.1, 0.15) is 46.5 Å². The third-order valence-corrected chi connectivity index (χ3v) is 5.35. The van der Waals surface area contributed by atoms with Gasteiger partial charge in [-0.05, 0) is 32.1 Å². The minimum atomic E-state index is 0. The quantitative estimate of drug-likeness (QED) is 0.370. The van der Waals surface area contributed by atoms with Crippen LogP contribution in [0.2, 0.25) is 0 Å². The lowest BCUT2D eigenvalue weighted by Gasteiger charge is -2.32. The molecule has 142 valence electrons. The van der Waals surface area contributed by atoms with Gasteiger partial charge in [-0.15, -0.1) is 24.0 Å². The largest absolute Gasteiger partial charge is 0.379 e. The molecular weight excluding hydrogens is 415 g/mol. The summed E-state index contributed by atoms with van der Waals surface area (Å²) in [5, 5.41) is 6.97. The predicted molar refractivity (Wildman–Crippen MR) is 112 cm³/mol. The molecule has 2 N–H and O–H groups in total. The molecule has 1 aliphatic carbocycles. The highest BCUT2D eigenvalue weighted by molar-refractivity contribution is 14.0. The number of ether oxygens (including phenoxy) is 1. The van der Waals surface area contributed by atoms with Crippen molar-refractivity contribution in [3.63, 3.8) is 0 Å². The van der Waals surface area contributed by atoms with Gasteiger partial charge in [0.05, 0.1) is 19.8 Å². The number of rotatable bonds is 6. The Hall–Kier alpha value is -0.0800. The van der Waals surface area contributed by atoms with Gasteiger partial charge < -0.3 is 15.4 Å². The van der Waals surface area contributed by atoms with Gasteiger partial charge in [-0.1, -0.05) is 26.2 Å². The lowest BCUT2D eigenvalue weighted by atomic mass is 9.80. The van der Waals surface area contributed by atoms with Crippen LogP contribution in [0.25, 0.3) is 0 Å². The summed E-state index contributed by atoms with van der Waals surface area (Å²) < 4.78 is 5.43. The van der Waals surface area contributed by atoms with E-state index < -0.39 is 0 Å². The van der Waals surface area contributed by atoms with Crippen molar-refractivity contribution in [3.05, 3.63) is 0 Å². The summed E-state index contributed by atoms with van der Waals surface area (Å²) in [6.07, 6.45) is 5.53. The summed E-state index contributed by atoms with van der Waals surface area (Å²) in [5.41, 5.74) is 0. The van der Waals surface area contributed by atoms with Crippen LogP contribution in [0.3, 0.4) is 0 Å². The maximum atomic E-state index is 5.43. The summed E-state index contributed by atoms with van der Waals surface area (Å²) in [7, 11) is 0. The fourth-order valence-corrected chi connectivity index (χ4v) is 3.62. The van der Waals surface area contributed by atoms with E-state index in [1.165, 1.54) is 25.7 Å². The SMILES string of the molecule is CCNC(=NCC(C)N1CCOCC1)NCC1CCCCC1C.I. The lowest BCUT2D eigenvalue weighted by molar-refractivity contribution is 0.0220. The average molecular weight is 452 g/mol. The molecule has 0 aromatic carbocycles. The summed E-state index contributed by atoms with van der Waals surface area (Å²) in [6.45, 7) is 13.4. The molecule has 0 spiro atoms. The number of aliphatic imine (C=N–C) groups is 1. The van der Waals surface area contributed by atoms with Crippen LogP contribution in [-0.2, 0) is 4.74 Å². The number of morpholine rings is 1. The summed E-state index contributed by atoms with van der Waals surface area (Å²) in [4.78, 5) is 7.28. The zero-order valence-corrected chi connectivity index (χ0v) is 18.1. The first kappa shape index (κ1) is 22.0. The third kappa shape index (κ3) is 7.44. The fraction of sp³-hybridized carbons (Fsp3) is 0.944. The number of nitrogens with one attached hydrogen (secondary N) is 2. The molecule has 2 aliphatic rings. The standard InChI is InChI=1S/C18H36N4O.HI/c1-4-19-18(21-14-17-8-6-5-7-15(17)2)20-13-16(3)22-9-11-23-12-10-22;/h15-17H,4-14H2,1-3H3,(H2,19,20,21);1H. The zero-order valence-electron chi connectivity index (χ0n) is 15.7. The Morgan fingerprint density at radius 3 is 2.58 bits per heavy atom. The molecule has 0 aromatic rings. The van der Waals surface area contributed by atoms with Gasteiger partial charge in [0.15, 0.2) is 5.96 Å². The Labute approximate surface area is 165 Å². The molecule has 24 heavy (non-hydrogen) atoms. The zero-order chi connectivity index (χ0) is 16.5. The highest BCUT2D eigenvalue weighted by atomic mass is 127. The minimum Gasteiger partial charge on any atom is -0.379 e. The Kier molecular flexibility index (Phi) is 11.3. The molecule has 1 aliphatic heterocycles. The smallest absolute Gasteiger partial charge is 0.191 e. The highest BCUT2D eigenvalue weighted by Gasteiger charge is 2.21. The Morgan fingerprint density at radius 1 is 1.21 bits per heavy atom. The van der Waals surface area contributed by atoms with Crippen LogP contribution in [0, 0.1) is 11.8 Å². The summed E-state index contributed by atoms with van der Waals surface area (Å²) in [6, 6.07) is 0.475. The first-order chi connectivity index (χ1) is 11.2. The molecule has 0 radical (unpaired) electrons. The molecular formula is C18H37IN4O. The topological polar surface area (TPSA) is 48.9 Å². The van der Waals surface area contributed by atoms with Gasteiger partial charge in [0.1, 0.15) is 0 Å². The van der Waals surface area contributed by atoms with Crippen LogP contribution in [0.4, 0.5) is 0 Å². The van der Waals surface area contributed by atoms with Crippen molar-refractivity contribution in [3.8, 4) is 0 Å². The maximum Gasteiger partial charge on any atom is 0.191 e. The molecule has 1 saturated carbocycles.